The Kier molecular flexibility index (Phi) is 41.1. The standard InChI is InChI=1S/2C4H8O.3ClH.O.W/c2*1-2-4-5-3-1;;;;;/h2*1-4H2;3*1H;;. The minimum absolute atomic E-state index is 0. The maximum atomic E-state index is 8.33. The average molecular weight is 453 g/mol. The van der Waals surface area contributed by atoms with Crippen molar-refractivity contribution in [2.24, 2.45) is 0 Å². The van der Waals surface area contributed by atoms with E-state index in [1.165, 1.54) is 25.7 Å². The van der Waals surface area contributed by atoms with E-state index in [1.807, 2.05) is 0 Å². The normalized spacial score (nSPS) is 16.3. The van der Waals surface area contributed by atoms with Crippen LogP contribution in [0.5, 0.6) is 0 Å². The Balaban J connectivity index is -0.0000000592. The van der Waals surface area contributed by atoms with Gasteiger partial charge in [-0.3, -0.25) is 0 Å². The third kappa shape index (κ3) is 21.2. The van der Waals surface area contributed by atoms with E-state index in [9.17, 15) is 0 Å². The summed E-state index contributed by atoms with van der Waals surface area (Å²) in [6, 6.07) is 0. The Morgan fingerprint density at radius 1 is 0.600 bits per heavy atom. The summed E-state index contributed by atoms with van der Waals surface area (Å²) in [5.74, 6) is 0. The van der Waals surface area contributed by atoms with Gasteiger partial charge in [-0.1, -0.05) is 0 Å². The fourth-order valence-corrected chi connectivity index (χ4v) is 1.02. The fourth-order valence-electron chi connectivity index (χ4n) is 1.02. The number of hydrogen-bond acceptors (Lipinski definition) is 3. The third-order valence-corrected chi connectivity index (χ3v) is 1.65. The van der Waals surface area contributed by atoms with Crippen LogP contribution >= 0.6 is 37.2 Å². The van der Waals surface area contributed by atoms with Gasteiger partial charge in [0.1, 0.15) is 0 Å². The van der Waals surface area contributed by atoms with Crippen molar-refractivity contribution in [1.82, 2.24) is 0 Å². The van der Waals surface area contributed by atoms with Crippen molar-refractivity contribution in [2.75, 3.05) is 26.4 Å². The van der Waals surface area contributed by atoms with Gasteiger partial charge in [0.15, 0.2) is 0 Å². The van der Waals surface area contributed by atoms with E-state index in [0.717, 1.165) is 26.4 Å². The molecule has 2 fully saturated rings. The van der Waals surface area contributed by atoms with E-state index < -0.39 is 0 Å². The zero-order valence-corrected chi connectivity index (χ0v) is 13.9. The van der Waals surface area contributed by atoms with E-state index >= 15 is 0 Å². The molecule has 0 atom stereocenters. The van der Waals surface area contributed by atoms with E-state index in [4.69, 9.17) is 12.9 Å². The Labute approximate surface area is 121 Å². The van der Waals surface area contributed by atoms with Crippen LogP contribution in [0.4, 0.5) is 0 Å². The molecule has 96 valence electrons. The Hall–Kier alpha value is 1.28. The van der Waals surface area contributed by atoms with Gasteiger partial charge in [-0.2, -0.15) is 0 Å². The van der Waals surface area contributed by atoms with Crippen LogP contribution in [0.2, 0.25) is 0 Å². The number of ether oxygens (including phenoxy) is 2. The van der Waals surface area contributed by atoms with Crippen LogP contribution in [0.1, 0.15) is 25.7 Å². The molecular weight excluding hydrogens is 434 g/mol. The molecule has 3 nitrogen and oxygen atoms in total. The van der Waals surface area contributed by atoms with Gasteiger partial charge in [-0.05, 0) is 25.7 Å². The van der Waals surface area contributed by atoms with Gasteiger partial charge in [-0.25, -0.2) is 0 Å². The Morgan fingerprint density at radius 2 is 0.800 bits per heavy atom. The van der Waals surface area contributed by atoms with Crippen LogP contribution in [-0.2, 0) is 32.6 Å². The quantitative estimate of drug-likeness (QED) is 0.566. The van der Waals surface area contributed by atoms with Crippen molar-refractivity contribution < 1.29 is 32.6 Å². The number of hydrogen-bond donors (Lipinski definition) is 0. The van der Waals surface area contributed by atoms with Crippen molar-refractivity contribution in [1.29, 1.82) is 0 Å². The van der Waals surface area contributed by atoms with E-state index in [-0.39, 0.29) is 37.2 Å². The zero-order chi connectivity index (χ0) is 9.07. The molecule has 7 heteroatoms. The molecule has 2 aliphatic rings. The van der Waals surface area contributed by atoms with Crippen LogP contribution in [0, 0.1) is 0 Å². The fraction of sp³-hybridized carbons (Fsp3) is 1.00. The van der Waals surface area contributed by atoms with Gasteiger partial charge >= 0.3 is 23.2 Å². The van der Waals surface area contributed by atoms with Gasteiger partial charge in [0.2, 0.25) is 0 Å². The summed E-state index contributed by atoms with van der Waals surface area (Å²) in [5.41, 5.74) is 0. The van der Waals surface area contributed by atoms with E-state index in [0.29, 0.717) is 19.8 Å². The first kappa shape index (κ1) is 25.2. The predicted molar refractivity (Wildman–Crippen MR) is 62.5 cm³/mol. The molecule has 0 aromatic heterocycles. The van der Waals surface area contributed by atoms with Crippen molar-refractivity contribution in [3.63, 3.8) is 0 Å². The zero-order valence-electron chi connectivity index (χ0n) is 8.51. The molecule has 0 aromatic rings. The molecule has 2 saturated heterocycles. The van der Waals surface area contributed by atoms with Gasteiger partial charge in [-0.15, -0.1) is 37.2 Å². The molecule has 0 amide bonds. The molecule has 0 bridgehead atoms. The summed E-state index contributed by atoms with van der Waals surface area (Å²) in [7, 11) is 0. The van der Waals surface area contributed by atoms with Crippen molar-refractivity contribution in [3.8, 4) is 0 Å². The Morgan fingerprint density at radius 3 is 0.867 bits per heavy atom. The van der Waals surface area contributed by atoms with Crippen LogP contribution in [0.15, 0.2) is 0 Å². The first-order valence-corrected chi connectivity index (χ1v) is 5.52. The second-order valence-corrected chi connectivity index (χ2v) is 2.64. The third-order valence-electron chi connectivity index (χ3n) is 1.65. The maximum absolute atomic E-state index is 8.33. The SMILES string of the molecule is C1CCOC1.C1CCOC1.Cl.Cl.Cl.[O]=[W]. The molecule has 0 aromatic carbocycles. The summed E-state index contributed by atoms with van der Waals surface area (Å²) in [5, 5.41) is 0. The molecule has 15 heavy (non-hydrogen) atoms. The molecule has 2 rings (SSSR count). The van der Waals surface area contributed by atoms with Gasteiger partial charge in [0, 0.05) is 26.4 Å². The molecule has 2 aliphatic heterocycles. The van der Waals surface area contributed by atoms with E-state index in [2.05, 4.69) is 0 Å². The van der Waals surface area contributed by atoms with Crippen LogP contribution in [-0.4, -0.2) is 26.4 Å². The summed E-state index contributed by atoms with van der Waals surface area (Å²) >= 11 is 0.333. The molecule has 0 spiro atoms. The first-order valence-electron chi connectivity index (χ1n) is 4.32. The van der Waals surface area contributed by atoms with Crippen molar-refractivity contribution in [3.05, 3.63) is 0 Å². The summed E-state index contributed by atoms with van der Waals surface area (Å²) in [6.45, 7) is 4.00. The molecule has 0 N–H and O–H groups in total. The molecule has 0 aliphatic carbocycles. The van der Waals surface area contributed by atoms with Crippen LogP contribution < -0.4 is 0 Å². The molecule has 0 unspecified atom stereocenters. The van der Waals surface area contributed by atoms with E-state index in [1.54, 1.807) is 0 Å². The predicted octanol–water partition coefficient (Wildman–Crippen LogP) is 2.74. The summed E-state index contributed by atoms with van der Waals surface area (Å²) in [6.07, 6.45) is 5.11. The summed E-state index contributed by atoms with van der Waals surface area (Å²) in [4.78, 5) is 0. The second kappa shape index (κ2) is 24.5. The topological polar surface area (TPSA) is 35.5 Å². The van der Waals surface area contributed by atoms with Crippen molar-refractivity contribution >= 4 is 37.2 Å². The minimum atomic E-state index is 0. The molecule has 2 heterocycles. The van der Waals surface area contributed by atoms with Gasteiger partial charge in [0.25, 0.3) is 0 Å². The van der Waals surface area contributed by atoms with Crippen LogP contribution in [0.3, 0.4) is 0 Å². The molecular formula is C8H19Cl3O3W. The second-order valence-electron chi connectivity index (χ2n) is 2.64. The average Bonchev–Trinajstić information content (AvgIpc) is 2.87. The first-order chi connectivity index (χ1) is 6.00. The number of rotatable bonds is 0. The molecule has 0 saturated carbocycles. The van der Waals surface area contributed by atoms with Gasteiger partial charge < -0.3 is 9.47 Å². The van der Waals surface area contributed by atoms with Crippen molar-refractivity contribution in [2.45, 2.75) is 25.7 Å². The summed E-state index contributed by atoms with van der Waals surface area (Å²) < 4.78 is 18.2. The Bertz CT molecular complexity index is 68.0. The van der Waals surface area contributed by atoms with Crippen LogP contribution in [0.25, 0.3) is 0 Å². The van der Waals surface area contributed by atoms with Gasteiger partial charge in [0.05, 0.1) is 0 Å². The monoisotopic (exact) mass is 452 g/mol. The molecule has 0 radical (unpaired) electrons. The number of halogens is 3.